The minimum absolute atomic E-state index is 0.178. The number of nitrogens with one attached hydrogen (secondary N) is 1. The average molecular weight is 357 g/mol. The highest BCUT2D eigenvalue weighted by Crippen LogP contribution is 2.26. The van der Waals surface area contributed by atoms with Crippen LogP contribution in [0.1, 0.15) is 21.7 Å². The van der Waals surface area contributed by atoms with Crippen LogP contribution in [0.2, 0.25) is 0 Å². The van der Waals surface area contributed by atoms with Crippen molar-refractivity contribution < 1.29 is 18.0 Å². The molecule has 0 unspecified atom stereocenters. The molecule has 0 atom stereocenters. The van der Waals surface area contributed by atoms with Gasteiger partial charge in [-0.05, 0) is 36.4 Å². The smallest absolute Gasteiger partial charge is 0.254 e. The highest BCUT2D eigenvalue weighted by atomic mass is 19.1. The molecule has 4 rings (SSSR count). The lowest BCUT2D eigenvalue weighted by Gasteiger charge is -2.26. The number of benzene rings is 2. The van der Waals surface area contributed by atoms with Crippen LogP contribution in [0.5, 0.6) is 0 Å². The van der Waals surface area contributed by atoms with Crippen LogP contribution in [0.25, 0.3) is 11.4 Å². The Morgan fingerprint density at radius 1 is 1.04 bits per heavy atom. The van der Waals surface area contributed by atoms with Gasteiger partial charge in [-0.1, -0.05) is 0 Å². The first-order chi connectivity index (χ1) is 12.5. The number of rotatable bonds is 2. The number of fused-ring (bicyclic) bond motifs is 1. The molecule has 0 fully saturated rings. The van der Waals surface area contributed by atoms with Crippen molar-refractivity contribution in [1.82, 2.24) is 14.9 Å². The number of nitrogens with zero attached hydrogens (tertiary/aromatic N) is 2. The lowest BCUT2D eigenvalue weighted by atomic mass is 10.1. The minimum atomic E-state index is -0.699. The van der Waals surface area contributed by atoms with E-state index in [1.54, 1.807) is 4.90 Å². The molecule has 1 aliphatic rings. The second kappa shape index (κ2) is 6.33. The Morgan fingerprint density at radius 2 is 1.77 bits per heavy atom. The van der Waals surface area contributed by atoms with Crippen molar-refractivity contribution >= 4 is 5.91 Å². The number of amides is 1. The molecule has 2 heterocycles. The van der Waals surface area contributed by atoms with Crippen LogP contribution in [-0.4, -0.2) is 27.3 Å². The van der Waals surface area contributed by atoms with Gasteiger partial charge in [0.25, 0.3) is 5.91 Å². The Balaban J connectivity index is 1.58. The van der Waals surface area contributed by atoms with Gasteiger partial charge in [0, 0.05) is 24.6 Å². The fraction of sp³-hybridized carbons (Fsp3) is 0.158. The van der Waals surface area contributed by atoms with Gasteiger partial charge in [-0.25, -0.2) is 18.2 Å². The molecular weight excluding hydrogens is 343 g/mol. The molecule has 4 nitrogen and oxygen atoms in total. The fourth-order valence-corrected chi connectivity index (χ4v) is 3.05. The fourth-order valence-electron chi connectivity index (χ4n) is 3.05. The largest absolute Gasteiger partial charge is 0.340 e. The van der Waals surface area contributed by atoms with Crippen molar-refractivity contribution in [2.24, 2.45) is 0 Å². The van der Waals surface area contributed by atoms with Crippen LogP contribution in [0.3, 0.4) is 0 Å². The van der Waals surface area contributed by atoms with E-state index in [4.69, 9.17) is 0 Å². The van der Waals surface area contributed by atoms with Crippen molar-refractivity contribution in [3.63, 3.8) is 0 Å². The third-order valence-electron chi connectivity index (χ3n) is 4.40. The number of carbonyl (C=O) groups is 1. The summed E-state index contributed by atoms with van der Waals surface area (Å²) in [5.41, 5.74) is 2.05. The van der Waals surface area contributed by atoms with E-state index in [2.05, 4.69) is 9.97 Å². The van der Waals surface area contributed by atoms with Crippen molar-refractivity contribution in [3.05, 3.63) is 76.9 Å². The predicted octanol–water partition coefficient (Wildman–Crippen LogP) is 3.69. The highest BCUT2D eigenvalue weighted by Gasteiger charge is 2.25. The lowest BCUT2D eigenvalue weighted by Crippen LogP contribution is -2.36. The zero-order chi connectivity index (χ0) is 18.3. The first kappa shape index (κ1) is 16.4. The van der Waals surface area contributed by atoms with Gasteiger partial charge in [-0.15, -0.1) is 0 Å². The monoisotopic (exact) mass is 357 g/mol. The van der Waals surface area contributed by atoms with E-state index in [9.17, 15) is 18.0 Å². The maximum absolute atomic E-state index is 14.0. The second-order valence-electron chi connectivity index (χ2n) is 6.12. The molecule has 132 valence electrons. The molecule has 0 aliphatic carbocycles. The third kappa shape index (κ3) is 2.96. The summed E-state index contributed by atoms with van der Waals surface area (Å²) in [5.74, 6) is -1.65. The van der Waals surface area contributed by atoms with Crippen LogP contribution in [0.15, 0.2) is 42.5 Å². The van der Waals surface area contributed by atoms with Crippen LogP contribution in [0.4, 0.5) is 13.2 Å². The number of carbonyl (C=O) groups excluding carboxylic acids is 1. The van der Waals surface area contributed by atoms with Gasteiger partial charge in [0.05, 0.1) is 23.5 Å². The summed E-state index contributed by atoms with van der Waals surface area (Å²) in [7, 11) is 0. The lowest BCUT2D eigenvalue weighted by molar-refractivity contribution is 0.0732. The van der Waals surface area contributed by atoms with Crippen LogP contribution in [0, 0.1) is 17.5 Å². The van der Waals surface area contributed by atoms with E-state index >= 15 is 0 Å². The van der Waals surface area contributed by atoms with E-state index in [0.29, 0.717) is 36.6 Å². The summed E-state index contributed by atoms with van der Waals surface area (Å²) in [6.07, 6.45) is 0.515. The Morgan fingerprint density at radius 3 is 2.50 bits per heavy atom. The minimum Gasteiger partial charge on any atom is -0.340 e. The molecular formula is C19H14F3N3O. The summed E-state index contributed by atoms with van der Waals surface area (Å²) in [5, 5.41) is 0. The van der Waals surface area contributed by atoms with Crippen molar-refractivity contribution in [1.29, 1.82) is 0 Å². The summed E-state index contributed by atoms with van der Waals surface area (Å²) >= 11 is 0. The molecule has 0 bridgehead atoms. The first-order valence-electron chi connectivity index (χ1n) is 8.09. The second-order valence-corrected chi connectivity index (χ2v) is 6.12. The molecule has 0 saturated carbocycles. The molecule has 3 aromatic rings. The predicted molar refractivity (Wildman–Crippen MR) is 88.8 cm³/mol. The van der Waals surface area contributed by atoms with E-state index in [0.717, 1.165) is 11.8 Å². The van der Waals surface area contributed by atoms with Gasteiger partial charge in [0.1, 0.15) is 23.3 Å². The highest BCUT2D eigenvalue weighted by molar-refractivity contribution is 5.94. The number of H-pyrrole nitrogens is 1. The van der Waals surface area contributed by atoms with Crippen LogP contribution >= 0.6 is 0 Å². The molecule has 0 saturated heterocycles. The van der Waals surface area contributed by atoms with Gasteiger partial charge in [0.2, 0.25) is 0 Å². The number of hydrogen-bond acceptors (Lipinski definition) is 2. The van der Waals surface area contributed by atoms with Gasteiger partial charge in [-0.3, -0.25) is 4.79 Å². The molecule has 7 heteroatoms. The van der Waals surface area contributed by atoms with Gasteiger partial charge < -0.3 is 9.88 Å². The topological polar surface area (TPSA) is 49.0 Å². The maximum atomic E-state index is 14.0. The molecule has 1 N–H and O–H groups in total. The van der Waals surface area contributed by atoms with Gasteiger partial charge >= 0.3 is 0 Å². The first-order valence-corrected chi connectivity index (χ1v) is 8.09. The number of aromatic amines is 1. The van der Waals surface area contributed by atoms with E-state index in [-0.39, 0.29) is 11.5 Å². The van der Waals surface area contributed by atoms with Crippen molar-refractivity contribution in [2.45, 2.75) is 13.0 Å². The summed E-state index contributed by atoms with van der Waals surface area (Å²) in [4.78, 5) is 21.6. The molecule has 2 aromatic carbocycles. The normalized spacial score (nSPS) is 13.6. The molecule has 1 amide bonds. The zero-order valence-electron chi connectivity index (χ0n) is 13.6. The molecule has 0 radical (unpaired) electrons. The molecule has 0 spiro atoms. The van der Waals surface area contributed by atoms with E-state index in [1.807, 2.05) is 0 Å². The van der Waals surface area contributed by atoms with E-state index in [1.165, 1.54) is 36.4 Å². The third-order valence-corrected chi connectivity index (χ3v) is 4.40. The Hall–Kier alpha value is -3.09. The number of hydrogen-bond donors (Lipinski definition) is 1. The molecule has 26 heavy (non-hydrogen) atoms. The maximum Gasteiger partial charge on any atom is 0.254 e. The summed E-state index contributed by atoms with van der Waals surface area (Å²) < 4.78 is 40.1. The Labute approximate surface area is 147 Å². The Kier molecular flexibility index (Phi) is 3.99. The Bertz CT molecular complexity index is 982. The standard InChI is InChI=1S/C19H14F3N3O/c20-12-3-1-11(2-4-12)19(26)25-8-7-16-17(10-25)24-18(23-16)14-6-5-13(21)9-15(14)22/h1-6,9H,7-8,10H2,(H,23,24). The van der Waals surface area contributed by atoms with Crippen LogP contribution < -0.4 is 0 Å². The van der Waals surface area contributed by atoms with E-state index < -0.39 is 17.5 Å². The molecule has 1 aromatic heterocycles. The van der Waals surface area contributed by atoms with Gasteiger partial charge in [0.15, 0.2) is 0 Å². The number of aromatic nitrogens is 2. The van der Waals surface area contributed by atoms with Gasteiger partial charge in [-0.2, -0.15) is 0 Å². The SMILES string of the molecule is O=C(c1ccc(F)cc1)N1CCc2nc(-c3ccc(F)cc3F)[nH]c2C1. The number of imidazole rings is 1. The van der Waals surface area contributed by atoms with Crippen molar-refractivity contribution in [2.75, 3.05) is 6.54 Å². The quantitative estimate of drug-likeness (QED) is 0.760. The summed E-state index contributed by atoms with van der Waals surface area (Å²) in [6, 6.07) is 8.68. The molecule has 1 aliphatic heterocycles. The number of halogens is 3. The summed E-state index contributed by atoms with van der Waals surface area (Å²) in [6.45, 7) is 0.751. The average Bonchev–Trinajstić information content (AvgIpc) is 3.04. The van der Waals surface area contributed by atoms with Crippen molar-refractivity contribution in [3.8, 4) is 11.4 Å². The zero-order valence-corrected chi connectivity index (χ0v) is 13.6. The van der Waals surface area contributed by atoms with Crippen LogP contribution in [-0.2, 0) is 13.0 Å².